The normalized spacial score (nSPS) is 19.3. The standard InChI is InChI=1S/C22H26ClN5O3S/c23-16-8-5-9-17(13-16)24-18(29)19-25-26-20(32-19)22(31)28-12-6-7-15(14-28)21(30)27-10-3-1-2-4-11-27/h5,8-9,13,15H,1-4,6-7,10-12,14H2,(H,24,29). The number of carbonyl (C=O) groups excluding carboxylic acids is 3. The molecule has 2 fully saturated rings. The van der Waals surface area contributed by atoms with Gasteiger partial charge in [0.2, 0.25) is 15.9 Å². The molecule has 0 bridgehead atoms. The van der Waals surface area contributed by atoms with Crippen molar-refractivity contribution in [3.05, 3.63) is 39.3 Å². The van der Waals surface area contributed by atoms with Gasteiger partial charge in [-0.3, -0.25) is 14.4 Å². The first-order chi connectivity index (χ1) is 15.5. The van der Waals surface area contributed by atoms with Crippen LogP contribution in [-0.4, -0.2) is 63.9 Å². The van der Waals surface area contributed by atoms with Crippen molar-refractivity contribution >= 4 is 46.3 Å². The average Bonchev–Trinajstić information content (AvgIpc) is 3.14. The number of benzene rings is 1. The van der Waals surface area contributed by atoms with Gasteiger partial charge in [0.05, 0.1) is 5.92 Å². The molecule has 1 aromatic heterocycles. The summed E-state index contributed by atoms with van der Waals surface area (Å²) in [6.45, 7) is 2.58. The van der Waals surface area contributed by atoms with Gasteiger partial charge in [-0.1, -0.05) is 41.8 Å². The molecule has 2 aliphatic rings. The number of nitrogens with zero attached hydrogens (tertiary/aromatic N) is 4. The molecule has 0 radical (unpaired) electrons. The number of hydrogen-bond acceptors (Lipinski definition) is 6. The Kier molecular flexibility index (Phi) is 7.36. The molecule has 2 aromatic rings. The van der Waals surface area contributed by atoms with Gasteiger partial charge in [0.1, 0.15) is 0 Å². The molecule has 8 nitrogen and oxygen atoms in total. The lowest BCUT2D eigenvalue weighted by Gasteiger charge is -2.34. The molecule has 10 heteroatoms. The summed E-state index contributed by atoms with van der Waals surface area (Å²) in [7, 11) is 0. The zero-order valence-corrected chi connectivity index (χ0v) is 19.3. The van der Waals surface area contributed by atoms with Crippen LogP contribution in [0.5, 0.6) is 0 Å². The number of hydrogen-bond donors (Lipinski definition) is 1. The number of aromatic nitrogens is 2. The summed E-state index contributed by atoms with van der Waals surface area (Å²) < 4.78 is 0. The number of anilines is 1. The number of carbonyl (C=O) groups is 3. The second-order valence-corrected chi connectivity index (χ2v) is 9.62. The second-order valence-electron chi connectivity index (χ2n) is 8.21. The fourth-order valence-electron chi connectivity index (χ4n) is 4.20. The first kappa shape index (κ1) is 22.7. The van der Waals surface area contributed by atoms with Gasteiger partial charge < -0.3 is 15.1 Å². The fraction of sp³-hybridized carbons (Fsp3) is 0.500. The molecule has 32 heavy (non-hydrogen) atoms. The Morgan fingerprint density at radius 3 is 2.44 bits per heavy atom. The Morgan fingerprint density at radius 1 is 0.969 bits per heavy atom. The van der Waals surface area contributed by atoms with Crippen LogP contribution in [-0.2, 0) is 4.79 Å². The van der Waals surface area contributed by atoms with Crippen molar-refractivity contribution in [2.45, 2.75) is 38.5 Å². The Hall–Kier alpha value is -2.52. The highest BCUT2D eigenvalue weighted by molar-refractivity contribution is 7.15. The van der Waals surface area contributed by atoms with Gasteiger partial charge in [-0.25, -0.2) is 0 Å². The highest BCUT2D eigenvalue weighted by Crippen LogP contribution is 2.24. The van der Waals surface area contributed by atoms with Crippen LogP contribution in [0.2, 0.25) is 5.02 Å². The topological polar surface area (TPSA) is 95.5 Å². The Morgan fingerprint density at radius 2 is 1.69 bits per heavy atom. The first-order valence-corrected chi connectivity index (χ1v) is 12.2. The van der Waals surface area contributed by atoms with Crippen LogP contribution in [0.1, 0.15) is 58.1 Å². The van der Waals surface area contributed by atoms with E-state index < -0.39 is 5.91 Å². The molecule has 2 saturated heterocycles. The van der Waals surface area contributed by atoms with E-state index in [-0.39, 0.29) is 27.7 Å². The molecular formula is C22H26ClN5O3S. The van der Waals surface area contributed by atoms with E-state index in [4.69, 9.17) is 11.6 Å². The van der Waals surface area contributed by atoms with Crippen LogP contribution >= 0.6 is 22.9 Å². The number of piperidine rings is 1. The molecule has 1 unspecified atom stereocenters. The molecule has 1 atom stereocenters. The lowest BCUT2D eigenvalue weighted by Crippen LogP contribution is -2.47. The van der Waals surface area contributed by atoms with E-state index in [9.17, 15) is 14.4 Å². The summed E-state index contributed by atoms with van der Waals surface area (Å²) in [4.78, 5) is 42.1. The lowest BCUT2D eigenvalue weighted by molar-refractivity contribution is -0.136. The SMILES string of the molecule is O=C(Nc1cccc(Cl)c1)c1nnc(C(=O)N2CCCC(C(=O)N3CCCCCC3)C2)s1. The Balaban J connectivity index is 1.38. The highest BCUT2D eigenvalue weighted by atomic mass is 35.5. The van der Waals surface area contributed by atoms with E-state index in [0.717, 1.165) is 50.1 Å². The Labute approximate surface area is 195 Å². The third-order valence-electron chi connectivity index (χ3n) is 5.86. The predicted molar refractivity (Wildman–Crippen MR) is 123 cm³/mol. The van der Waals surface area contributed by atoms with Gasteiger partial charge in [0.15, 0.2) is 0 Å². The molecule has 3 heterocycles. The Bertz CT molecular complexity index is 989. The molecule has 0 saturated carbocycles. The fourth-order valence-corrected chi connectivity index (χ4v) is 5.10. The number of nitrogens with one attached hydrogen (secondary N) is 1. The zero-order chi connectivity index (χ0) is 22.5. The van der Waals surface area contributed by atoms with Gasteiger partial charge in [-0.05, 0) is 43.9 Å². The third-order valence-corrected chi connectivity index (χ3v) is 7.01. The van der Waals surface area contributed by atoms with E-state index in [1.165, 1.54) is 12.8 Å². The van der Waals surface area contributed by atoms with Crippen LogP contribution in [0.25, 0.3) is 0 Å². The maximum absolute atomic E-state index is 13.0. The van der Waals surface area contributed by atoms with Crippen molar-refractivity contribution < 1.29 is 14.4 Å². The number of likely N-dealkylation sites (tertiary alicyclic amines) is 2. The number of halogens is 1. The maximum atomic E-state index is 13.0. The molecular weight excluding hydrogens is 450 g/mol. The summed E-state index contributed by atoms with van der Waals surface area (Å²) in [6, 6.07) is 6.78. The number of rotatable bonds is 4. The van der Waals surface area contributed by atoms with Crippen LogP contribution in [0.3, 0.4) is 0 Å². The molecule has 2 aliphatic heterocycles. The molecule has 0 spiro atoms. The van der Waals surface area contributed by atoms with E-state index in [1.807, 2.05) is 4.90 Å². The lowest BCUT2D eigenvalue weighted by atomic mass is 9.96. The van der Waals surface area contributed by atoms with Crippen molar-refractivity contribution in [2.24, 2.45) is 5.92 Å². The summed E-state index contributed by atoms with van der Waals surface area (Å²) in [5, 5.41) is 11.3. The zero-order valence-electron chi connectivity index (χ0n) is 17.8. The predicted octanol–water partition coefficient (Wildman–Crippen LogP) is 3.70. The minimum Gasteiger partial charge on any atom is -0.342 e. The quantitative estimate of drug-likeness (QED) is 0.727. The van der Waals surface area contributed by atoms with Gasteiger partial charge in [-0.15, -0.1) is 10.2 Å². The summed E-state index contributed by atoms with van der Waals surface area (Å²) >= 11 is 6.90. The van der Waals surface area contributed by atoms with Gasteiger partial charge in [0, 0.05) is 36.9 Å². The number of amides is 3. The highest BCUT2D eigenvalue weighted by Gasteiger charge is 2.33. The molecule has 1 aromatic carbocycles. The van der Waals surface area contributed by atoms with Crippen LogP contribution in [0.4, 0.5) is 5.69 Å². The van der Waals surface area contributed by atoms with E-state index in [1.54, 1.807) is 29.2 Å². The van der Waals surface area contributed by atoms with Gasteiger partial charge >= 0.3 is 0 Å². The van der Waals surface area contributed by atoms with Crippen molar-refractivity contribution in [3.8, 4) is 0 Å². The maximum Gasteiger partial charge on any atom is 0.286 e. The van der Waals surface area contributed by atoms with Crippen LogP contribution in [0.15, 0.2) is 24.3 Å². The molecule has 1 N–H and O–H groups in total. The van der Waals surface area contributed by atoms with Crippen molar-refractivity contribution in [1.82, 2.24) is 20.0 Å². The van der Waals surface area contributed by atoms with Crippen molar-refractivity contribution in [3.63, 3.8) is 0 Å². The largest absolute Gasteiger partial charge is 0.342 e. The molecule has 4 rings (SSSR count). The molecule has 3 amide bonds. The van der Waals surface area contributed by atoms with Crippen LogP contribution < -0.4 is 5.32 Å². The van der Waals surface area contributed by atoms with Gasteiger partial charge in [-0.2, -0.15) is 0 Å². The third kappa shape index (κ3) is 5.45. The minimum absolute atomic E-state index is 0.0996. The van der Waals surface area contributed by atoms with Crippen molar-refractivity contribution in [1.29, 1.82) is 0 Å². The summed E-state index contributed by atoms with van der Waals surface area (Å²) in [5.41, 5.74) is 0.538. The second kappa shape index (κ2) is 10.4. The first-order valence-electron chi connectivity index (χ1n) is 11.0. The van der Waals surface area contributed by atoms with E-state index in [0.29, 0.717) is 23.8 Å². The smallest absolute Gasteiger partial charge is 0.286 e. The van der Waals surface area contributed by atoms with Gasteiger partial charge in [0.25, 0.3) is 11.8 Å². The van der Waals surface area contributed by atoms with Crippen LogP contribution in [0, 0.1) is 5.92 Å². The molecule has 0 aliphatic carbocycles. The summed E-state index contributed by atoms with van der Waals surface area (Å²) in [5.74, 6) is -0.748. The van der Waals surface area contributed by atoms with E-state index in [2.05, 4.69) is 15.5 Å². The van der Waals surface area contributed by atoms with Crippen molar-refractivity contribution in [2.75, 3.05) is 31.5 Å². The molecule has 170 valence electrons. The summed E-state index contributed by atoms with van der Waals surface area (Å²) in [6.07, 6.45) is 6.00. The average molecular weight is 476 g/mol. The van der Waals surface area contributed by atoms with E-state index >= 15 is 0 Å². The minimum atomic E-state index is -0.448. The monoisotopic (exact) mass is 475 g/mol.